The molecule has 0 radical (unpaired) electrons. The molecule has 0 spiro atoms. The number of ether oxygens (including phenoxy) is 2. The number of carbonyl (C=O) groups excluding carboxylic acids is 1. The highest BCUT2D eigenvalue weighted by atomic mass is 16.5. The van der Waals surface area contributed by atoms with Gasteiger partial charge in [0.05, 0.1) is 13.2 Å². The Morgan fingerprint density at radius 1 is 1.25 bits per heavy atom. The number of Topliss-reactive ketones (excluding diaryl/α,β-unsaturated/α-hetero) is 1. The van der Waals surface area contributed by atoms with Crippen molar-refractivity contribution < 1.29 is 14.3 Å². The predicted octanol–water partition coefficient (Wildman–Crippen LogP) is 2.23. The molecule has 1 rings (SSSR count). The summed E-state index contributed by atoms with van der Waals surface area (Å²) in [6.07, 6.45) is 0.510. The molecule has 0 aliphatic heterocycles. The summed E-state index contributed by atoms with van der Waals surface area (Å²) >= 11 is 0. The van der Waals surface area contributed by atoms with E-state index in [1.54, 1.807) is 7.11 Å². The molecule has 0 saturated carbocycles. The third kappa shape index (κ3) is 4.45. The Kier molecular flexibility index (Phi) is 4.99. The molecule has 1 aromatic rings. The number of methoxy groups -OCH3 is 1. The monoisotopic (exact) mass is 222 g/mol. The van der Waals surface area contributed by atoms with Gasteiger partial charge in [-0.15, -0.1) is 0 Å². The van der Waals surface area contributed by atoms with Crippen LogP contribution in [-0.2, 0) is 16.0 Å². The molecule has 0 atom stereocenters. The largest absolute Gasteiger partial charge is 0.497 e. The van der Waals surface area contributed by atoms with Gasteiger partial charge in [0.1, 0.15) is 12.4 Å². The fourth-order valence-corrected chi connectivity index (χ4v) is 1.28. The Balaban J connectivity index is 2.43. The maximum atomic E-state index is 11.5. The molecule has 88 valence electrons. The Hall–Kier alpha value is -1.35. The summed E-state index contributed by atoms with van der Waals surface area (Å²) in [6.45, 7) is 4.02. The first-order valence-electron chi connectivity index (χ1n) is 5.38. The molecule has 0 amide bonds. The molecule has 3 heteroatoms. The molecule has 0 saturated heterocycles. The topological polar surface area (TPSA) is 35.5 Å². The van der Waals surface area contributed by atoms with Crippen LogP contribution in [0.5, 0.6) is 5.75 Å². The molecule has 0 bridgehead atoms. The number of carbonyl (C=O) groups is 1. The highest BCUT2D eigenvalue weighted by Gasteiger charge is 2.05. The standard InChI is InChI=1S/C13H18O3/c1-10(2)16-9-12(14)8-11-4-6-13(15-3)7-5-11/h4-7,10H,8-9H2,1-3H3. The first kappa shape index (κ1) is 12.7. The molecule has 0 fully saturated rings. The van der Waals surface area contributed by atoms with Crippen molar-refractivity contribution in [1.82, 2.24) is 0 Å². The van der Waals surface area contributed by atoms with Gasteiger partial charge in [-0.2, -0.15) is 0 Å². The molecular weight excluding hydrogens is 204 g/mol. The SMILES string of the molecule is COc1ccc(CC(=O)COC(C)C)cc1. The van der Waals surface area contributed by atoms with Gasteiger partial charge in [-0.3, -0.25) is 4.79 Å². The van der Waals surface area contributed by atoms with Crippen LogP contribution in [0, 0.1) is 0 Å². The summed E-state index contributed by atoms with van der Waals surface area (Å²) in [7, 11) is 1.62. The van der Waals surface area contributed by atoms with Gasteiger partial charge in [-0.05, 0) is 31.5 Å². The third-order valence-electron chi connectivity index (χ3n) is 2.14. The van der Waals surface area contributed by atoms with Gasteiger partial charge < -0.3 is 9.47 Å². The van der Waals surface area contributed by atoms with Crippen LogP contribution in [0.2, 0.25) is 0 Å². The van der Waals surface area contributed by atoms with Crippen LogP contribution in [0.15, 0.2) is 24.3 Å². The smallest absolute Gasteiger partial charge is 0.162 e. The van der Waals surface area contributed by atoms with Crippen molar-refractivity contribution in [3.63, 3.8) is 0 Å². The third-order valence-corrected chi connectivity index (χ3v) is 2.14. The highest BCUT2D eigenvalue weighted by Crippen LogP contribution is 2.11. The summed E-state index contributed by atoms with van der Waals surface area (Å²) in [6, 6.07) is 7.50. The van der Waals surface area contributed by atoms with Gasteiger partial charge in [0.2, 0.25) is 0 Å². The van der Waals surface area contributed by atoms with E-state index in [0.29, 0.717) is 6.42 Å². The lowest BCUT2D eigenvalue weighted by atomic mass is 10.1. The van der Waals surface area contributed by atoms with Gasteiger partial charge in [-0.1, -0.05) is 12.1 Å². The van der Waals surface area contributed by atoms with E-state index >= 15 is 0 Å². The first-order chi connectivity index (χ1) is 7.61. The zero-order valence-electron chi connectivity index (χ0n) is 10.0. The van der Waals surface area contributed by atoms with E-state index in [4.69, 9.17) is 9.47 Å². The summed E-state index contributed by atoms with van der Waals surface area (Å²) in [5.74, 6) is 0.897. The summed E-state index contributed by atoms with van der Waals surface area (Å²) in [5.41, 5.74) is 0.984. The fourth-order valence-electron chi connectivity index (χ4n) is 1.28. The van der Waals surface area contributed by atoms with Gasteiger partial charge in [0.25, 0.3) is 0 Å². The van der Waals surface area contributed by atoms with Crippen molar-refractivity contribution in [2.24, 2.45) is 0 Å². The molecule has 0 heterocycles. The van der Waals surface area contributed by atoms with Crippen LogP contribution < -0.4 is 4.74 Å². The number of ketones is 1. The van der Waals surface area contributed by atoms with E-state index in [2.05, 4.69) is 0 Å². The minimum absolute atomic E-state index is 0.0962. The van der Waals surface area contributed by atoms with Gasteiger partial charge >= 0.3 is 0 Å². The van der Waals surface area contributed by atoms with E-state index in [1.165, 1.54) is 0 Å². The molecular formula is C13H18O3. The number of hydrogen-bond donors (Lipinski definition) is 0. The second-order valence-electron chi connectivity index (χ2n) is 3.92. The average molecular weight is 222 g/mol. The van der Waals surface area contributed by atoms with Crippen molar-refractivity contribution in [3.8, 4) is 5.75 Å². The van der Waals surface area contributed by atoms with E-state index < -0.39 is 0 Å². The Morgan fingerprint density at radius 3 is 2.38 bits per heavy atom. The molecule has 0 aromatic heterocycles. The second-order valence-corrected chi connectivity index (χ2v) is 3.92. The van der Waals surface area contributed by atoms with Crippen molar-refractivity contribution in [2.75, 3.05) is 13.7 Å². The highest BCUT2D eigenvalue weighted by molar-refractivity contribution is 5.82. The van der Waals surface area contributed by atoms with Crippen LogP contribution >= 0.6 is 0 Å². The minimum atomic E-state index is 0.0962. The first-order valence-corrected chi connectivity index (χ1v) is 5.38. The lowest BCUT2D eigenvalue weighted by Gasteiger charge is -2.06. The quantitative estimate of drug-likeness (QED) is 0.740. The molecule has 3 nitrogen and oxygen atoms in total. The molecule has 1 aromatic carbocycles. The summed E-state index contributed by atoms with van der Waals surface area (Å²) < 4.78 is 10.3. The Bertz CT molecular complexity index is 328. The summed E-state index contributed by atoms with van der Waals surface area (Å²) in [5, 5.41) is 0. The number of benzene rings is 1. The molecule has 0 N–H and O–H groups in total. The van der Waals surface area contributed by atoms with Crippen LogP contribution in [0.1, 0.15) is 19.4 Å². The fraction of sp³-hybridized carbons (Fsp3) is 0.462. The second kappa shape index (κ2) is 6.28. The van der Waals surface area contributed by atoms with E-state index in [1.807, 2.05) is 38.1 Å². The van der Waals surface area contributed by atoms with E-state index in [9.17, 15) is 4.79 Å². The lowest BCUT2D eigenvalue weighted by Crippen LogP contribution is -2.15. The number of rotatable bonds is 6. The Morgan fingerprint density at radius 2 is 1.88 bits per heavy atom. The van der Waals surface area contributed by atoms with Crippen LogP contribution in [0.4, 0.5) is 0 Å². The molecule has 0 aliphatic carbocycles. The van der Waals surface area contributed by atoms with Gasteiger partial charge in [-0.25, -0.2) is 0 Å². The molecule has 16 heavy (non-hydrogen) atoms. The van der Waals surface area contributed by atoms with Crippen molar-refractivity contribution in [1.29, 1.82) is 0 Å². The van der Waals surface area contributed by atoms with Crippen LogP contribution in [-0.4, -0.2) is 25.6 Å². The maximum absolute atomic E-state index is 11.5. The average Bonchev–Trinajstić information content (AvgIpc) is 2.27. The lowest BCUT2D eigenvalue weighted by molar-refractivity contribution is -0.124. The zero-order chi connectivity index (χ0) is 12.0. The molecule has 0 aliphatic rings. The zero-order valence-corrected chi connectivity index (χ0v) is 10.0. The predicted molar refractivity (Wildman–Crippen MR) is 62.8 cm³/mol. The van der Waals surface area contributed by atoms with Crippen molar-refractivity contribution >= 4 is 5.78 Å². The minimum Gasteiger partial charge on any atom is -0.497 e. The van der Waals surface area contributed by atoms with Gasteiger partial charge in [0, 0.05) is 6.42 Å². The van der Waals surface area contributed by atoms with Gasteiger partial charge in [0.15, 0.2) is 5.78 Å². The molecule has 0 unspecified atom stereocenters. The normalized spacial score (nSPS) is 10.5. The van der Waals surface area contributed by atoms with Crippen molar-refractivity contribution in [3.05, 3.63) is 29.8 Å². The van der Waals surface area contributed by atoms with E-state index in [-0.39, 0.29) is 18.5 Å². The summed E-state index contributed by atoms with van der Waals surface area (Å²) in [4.78, 5) is 11.5. The maximum Gasteiger partial charge on any atom is 0.162 e. The van der Waals surface area contributed by atoms with Crippen molar-refractivity contribution in [2.45, 2.75) is 26.4 Å². The number of hydrogen-bond acceptors (Lipinski definition) is 3. The van der Waals surface area contributed by atoms with E-state index in [0.717, 1.165) is 11.3 Å². The van der Waals surface area contributed by atoms with Crippen LogP contribution in [0.3, 0.4) is 0 Å². The Labute approximate surface area is 96.4 Å². The van der Waals surface area contributed by atoms with Crippen LogP contribution in [0.25, 0.3) is 0 Å².